The fraction of sp³-hybridized carbons (Fsp3) is 0.500. The summed E-state index contributed by atoms with van der Waals surface area (Å²) in [5.41, 5.74) is 0.981. The van der Waals surface area contributed by atoms with Crippen LogP contribution >= 0.6 is 11.8 Å². The highest BCUT2D eigenvalue weighted by Gasteiger charge is 2.18. The van der Waals surface area contributed by atoms with E-state index in [2.05, 4.69) is 9.97 Å². The lowest BCUT2D eigenvalue weighted by molar-refractivity contribution is -0.136. The van der Waals surface area contributed by atoms with Crippen LogP contribution in [0.2, 0.25) is 0 Å². The number of hydrogen-bond donors (Lipinski definition) is 2. The number of carboxylic acids is 1. The van der Waals surface area contributed by atoms with Gasteiger partial charge >= 0.3 is 5.97 Å². The maximum Gasteiger partial charge on any atom is 0.317 e. The molecule has 1 rings (SSSR count). The van der Waals surface area contributed by atoms with Crippen LogP contribution in [0.15, 0.2) is 9.95 Å². The average molecular weight is 242 g/mol. The van der Waals surface area contributed by atoms with E-state index in [4.69, 9.17) is 5.11 Å². The van der Waals surface area contributed by atoms with Crippen molar-refractivity contribution in [1.29, 1.82) is 0 Å². The quantitative estimate of drug-likeness (QED) is 0.615. The summed E-state index contributed by atoms with van der Waals surface area (Å²) >= 11 is 1.07. The normalized spacial score (nSPS) is 12.4. The van der Waals surface area contributed by atoms with Crippen LogP contribution in [0, 0.1) is 13.8 Å². The number of hydrogen-bond acceptors (Lipinski definition) is 4. The van der Waals surface area contributed by atoms with E-state index in [1.54, 1.807) is 20.8 Å². The Hall–Kier alpha value is -1.30. The number of carbonyl (C=O) groups is 1. The van der Waals surface area contributed by atoms with E-state index < -0.39 is 11.2 Å². The van der Waals surface area contributed by atoms with Gasteiger partial charge in [0.2, 0.25) is 0 Å². The molecule has 1 heterocycles. The zero-order valence-electron chi connectivity index (χ0n) is 9.40. The van der Waals surface area contributed by atoms with Gasteiger partial charge in [0.25, 0.3) is 5.56 Å². The summed E-state index contributed by atoms with van der Waals surface area (Å²) in [5.74, 6) is -0.895. The molecule has 0 fully saturated rings. The molecule has 0 spiro atoms. The number of thioether (sulfide) groups is 1. The molecule has 0 aliphatic heterocycles. The third-order valence-electron chi connectivity index (χ3n) is 2.27. The molecule has 0 amide bonds. The Balaban J connectivity index is 2.98. The molecule has 0 saturated heterocycles. The first kappa shape index (κ1) is 12.8. The second-order valence-electron chi connectivity index (χ2n) is 3.43. The molecule has 0 aromatic carbocycles. The van der Waals surface area contributed by atoms with Crippen molar-refractivity contribution in [3.8, 4) is 0 Å². The minimum absolute atomic E-state index is 0.213. The number of aromatic nitrogens is 2. The first-order chi connectivity index (χ1) is 7.45. The molecular weight excluding hydrogens is 228 g/mol. The second-order valence-corrected chi connectivity index (χ2v) is 4.63. The van der Waals surface area contributed by atoms with Gasteiger partial charge in [-0.15, -0.1) is 0 Å². The SMILES string of the molecule is CCC(Sc1nc(C)c(C)c(=O)[nH]1)C(=O)O. The van der Waals surface area contributed by atoms with Crippen LogP contribution in [-0.2, 0) is 4.79 Å². The third kappa shape index (κ3) is 2.85. The lowest BCUT2D eigenvalue weighted by Gasteiger charge is -2.09. The summed E-state index contributed by atoms with van der Waals surface area (Å²) in [7, 11) is 0. The molecule has 0 aliphatic rings. The topological polar surface area (TPSA) is 83.0 Å². The van der Waals surface area contributed by atoms with Crippen molar-refractivity contribution in [2.45, 2.75) is 37.6 Å². The van der Waals surface area contributed by atoms with Gasteiger partial charge in [-0.2, -0.15) is 0 Å². The van der Waals surface area contributed by atoms with Crippen LogP contribution < -0.4 is 5.56 Å². The van der Waals surface area contributed by atoms with Gasteiger partial charge in [-0.25, -0.2) is 4.98 Å². The zero-order chi connectivity index (χ0) is 12.3. The van der Waals surface area contributed by atoms with Gasteiger partial charge in [0.15, 0.2) is 5.16 Å². The summed E-state index contributed by atoms with van der Waals surface area (Å²) in [4.78, 5) is 29.0. The fourth-order valence-electron chi connectivity index (χ4n) is 1.12. The molecule has 88 valence electrons. The number of carboxylic acid groups (broad SMARTS) is 1. The van der Waals surface area contributed by atoms with E-state index in [1.165, 1.54) is 0 Å². The Bertz CT molecular complexity index is 456. The second kappa shape index (κ2) is 5.16. The van der Waals surface area contributed by atoms with Crippen LogP contribution in [-0.4, -0.2) is 26.3 Å². The molecule has 5 nitrogen and oxygen atoms in total. The fourth-order valence-corrected chi connectivity index (χ4v) is 2.00. The number of rotatable bonds is 4. The molecule has 2 N–H and O–H groups in total. The van der Waals surface area contributed by atoms with Gasteiger partial charge in [0, 0.05) is 11.3 Å². The standard InChI is InChI=1S/C10H14N2O3S/c1-4-7(9(14)15)16-10-11-6(3)5(2)8(13)12-10/h7H,4H2,1-3H3,(H,14,15)(H,11,12,13). The highest BCUT2D eigenvalue weighted by molar-refractivity contribution is 8.00. The maximum absolute atomic E-state index is 11.4. The van der Waals surface area contributed by atoms with E-state index in [9.17, 15) is 9.59 Å². The van der Waals surface area contributed by atoms with Crippen LogP contribution in [0.1, 0.15) is 24.6 Å². The molecule has 1 aromatic rings. The van der Waals surface area contributed by atoms with Crippen molar-refractivity contribution in [1.82, 2.24) is 9.97 Å². The summed E-state index contributed by atoms with van der Waals surface area (Å²) < 4.78 is 0. The number of nitrogens with one attached hydrogen (secondary N) is 1. The van der Waals surface area contributed by atoms with Crippen molar-refractivity contribution in [2.24, 2.45) is 0 Å². The number of aliphatic carboxylic acids is 1. The highest BCUT2D eigenvalue weighted by Crippen LogP contribution is 2.21. The maximum atomic E-state index is 11.4. The molecule has 1 unspecified atom stereocenters. The number of H-pyrrole nitrogens is 1. The first-order valence-electron chi connectivity index (χ1n) is 4.92. The van der Waals surface area contributed by atoms with Crippen LogP contribution in [0.4, 0.5) is 0 Å². The predicted octanol–water partition coefficient (Wildman–Crippen LogP) is 1.34. The molecule has 1 aromatic heterocycles. The van der Waals surface area contributed by atoms with Gasteiger partial charge in [-0.05, 0) is 20.3 Å². The molecule has 1 atom stereocenters. The van der Waals surface area contributed by atoms with Gasteiger partial charge in [0.1, 0.15) is 5.25 Å². The Kier molecular flexibility index (Phi) is 4.12. The summed E-state index contributed by atoms with van der Waals surface area (Å²) in [5, 5.41) is 8.67. The van der Waals surface area contributed by atoms with Crippen LogP contribution in [0.25, 0.3) is 0 Å². The van der Waals surface area contributed by atoms with Crippen LogP contribution in [0.3, 0.4) is 0 Å². The van der Waals surface area contributed by atoms with E-state index in [0.29, 0.717) is 22.8 Å². The Morgan fingerprint density at radius 3 is 2.62 bits per heavy atom. The number of aryl methyl sites for hydroxylation is 1. The summed E-state index contributed by atoms with van der Waals surface area (Å²) in [6.07, 6.45) is 0.483. The minimum atomic E-state index is -0.895. The summed E-state index contributed by atoms with van der Waals surface area (Å²) in [6.45, 7) is 5.20. The van der Waals surface area contributed by atoms with Crippen molar-refractivity contribution in [3.05, 3.63) is 21.6 Å². The molecular formula is C10H14N2O3S. The lowest BCUT2D eigenvalue weighted by Crippen LogP contribution is -2.19. The smallest absolute Gasteiger partial charge is 0.317 e. The molecule has 0 bridgehead atoms. The van der Waals surface area contributed by atoms with Gasteiger partial charge < -0.3 is 10.1 Å². The predicted molar refractivity (Wildman–Crippen MR) is 61.9 cm³/mol. The zero-order valence-corrected chi connectivity index (χ0v) is 10.2. The van der Waals surface area contributed by atoms with E-state index in [0.717, 1.165) is 11.8 Å². The first-order valence-corrected chi connectivity index (χ1v) is 5.80. The van der Waals surface area contributed by atoms with Gasteiger partial charge in [0.05, 0.1) is 0 Å². The number of aromatic amines is 1. The van der Waals surface area contributed by atoms with Gasteiger partial charge in [-0.1, -0.05) is 18.7 Å². The monoisotopic (exact) mass is 242 g/mol. The van der Waals surface area contributed by atoms with Crippen molar-refractivity contribution >= 4 is 17.7 Å². The third-order valence-corrected chi connectivity index (χ3v) is 3.51. The average Bonchev–Trinajstić information content (AvgIpc) is 2.21. The Morgan fingerprint density at radius 2 is 2.19 bits per heavy atom. The molecule has 0 saturated carbocycles. The lowest BCUT2D eigenvalue weighted by atomic mass is 10.3. The highest BCUT2D eigenvalue weighted by atomic mass is 32.2. The number of nitrogens with zero attached hydrogens (tertiary/aromatic N) is 1. The van der Waals surface area contributed by atoms with Crippen molar-refractivity contribution in [2.75, 3.05) is 0 Å². The van der Waals surface area contributed by atoms with E-state index in [1.807, 2.05) is 0 Å². The molecule has 16 heavy (non-hydrogen) atoms. The van der Waals surface area contributed by atoms with Gasteiger partial charge in [-0.3, -0.25) is 9.59 Å². The van der Waals surface area contributed by atoms with Crippen molar-refractivity contribution in [3.63, 3.8) is 0 Å². The molecule has 0 radical (unpaired) electrons. The minimum Gasteiger partial charge on any atom is -0.480 e. The largest absolute Gasteiger partial charge is 0.480 e. The van der Waals surface area contributed by atoms with Crippen LogP contribution in [0.5, 0.6) is 0 Å². The van der Waals surface area contributed by atoms with E-state index in [-0.39, 0.29) is 5.56 Å². The molecule has 6 heteroatoms. The van der Waals surface area contributed by atoms with E-state index >= 15 is 0 Å². The molecule has 0 aliphatic carbocycles. The Morgan fingerprint density at radius 1 is 1.56 bits per heavy atom. The summed E-state index contributed by atoms with van der Waals surface area (Å²) in [6, 6.07) is 0. The van der Waals surface area contributed by atoms with Crippen molar-refractivity contribution < 1.29 is 9.90 Å². The Labute approximate surface area is 97.3 Å².